The number of phenols is 1. The second-order valence-electron chi connectivity index (χ2n) is 6.79. The van der Waals surface area contributed by atoms with E-state index in [0.29, 0.717) is 23.5 Å². The average molecular weight is 402 g/mol. The third-order valence-corrected chi connectivity index (χ3v) is 5.44. The number of hydrogen-bond acceptors (Lipinski definition) is 7. The summed E-state index contributed by atoms with van der Waals surface area (Å²) in [6.07, 6.45) is 2.46. The summed E-state index contributed by atoms with van der Waals surface area (Å²) in [7, 11) is 0. The van der Waals surface area contributed by atoms with Crippen molar-refractivity contribution >= 4 is 34.1 Å². The van der Waals surface area contributed by atoms with Gasteiger partial charge in [-0.25, -0.2) is 4.98 Å². The number of anilines is 1. The van der Waals surface area contributed by atoms with Crippen LogP contribution in [0, 0.1) is 0 Å². The molecule has 3 rings (SSSR count). The number of aromatic hydroxyl groups is 1. The Labute approximate surface area is 166 Å². The minimum atomic E-state index is -0.786. The van der Waals surface area contributed by atoms with Gasteiger partial charge in [-0.2, -0.15) is 0 Å². The number of nitrogens with one attached hydrogen (secondary N) is 3. The molecule has 2 amide bonds. The Morgan fingerprint density at radius 2 is 2.07 bits per heavy atom. The van der Waals surface area contributed by atoms with E-state index in [9.17, 15) is 19.5 Å². The van der Waals surface area contributed by atoms with Crippen molar-refractivity contribution in [2.45, 2.75) is 38.8 Å². The number of ketones is 1. The number of benzene rings is 1. The first kappa shape index (κ1) is 19.8. The van der Waals surface area contributed by atoms with Crippen molar-refractivity contribution in [2.75, 3.05) is 11.9 Å². The highest BCUT2D eigenvalue weighted by molar-refractivity contribution is 7.15. The van der Waals surface area contributed by atoms with Gasteiger partial charge in [0, 0.05) is 17.5 Å². The molecule has 2 aromatic rings. The second kappa shape index (κ2) is 8.39. The van der Waals surface area contributed by atoms with Gasteiger partial charge in [0.2, 0.25) is 11.8 Å². The van der Waals surface area contributed by atoms with Crippen LogP contribution in [0.4, 0.5) is 5.13 Å². The van der Waals surface area contributed by atoms with Crippen LogP contribution in [0.5, 0.6) is 5.75 Å². The maximum atomic E-state index is 12.4. The summed E-state index contributed by atoms with van der Waals surface area (Å²) in [5.74, 6) is -0.814. The molecule has 1 aromatic carbocycles. The van der Waals surface area contributed by atoms with Crippen LogP contribution in [0.3, 0.4) is 0 Å². The normalized spacial score (nSPS) is 20.6. The number of nitrogens with zero attached hydrogens (tertiary/aromatic N) is 1. The maximum absolute atomic E-state index is 12.4. The molecular weight excluding hydrogens is 380 g/mol. The number of aromatic nitrogens is 1. The molecule has 2 atom stereocenters. The Hall–Kier alpha value is -2.94. The molecule has 2 heterocycles. The Kier molecular flexibility index (Phi) is 5.93. The molecular formula is C19H22N4O4S. The summed E-state index contributed by atoms with van der Waals surface area (Å²) in [6, 6.07) is 3.66. The van der Waals surface area contributed by atoms with E-state index in [-0.39, 0.29) is 24.0 Å². The zero-order valence-corrected chi connectivity index (χ0v) is 16.4. The molecule has 1 aliphatic rings. The molecule has 0 aliphatic carbocycles. The van der Waals surface area contributed by atoms with E-state index < -0.39 is 18.0 Å². The lowest BCUT2D eigenvalue weighted by atomic mass is 9.99. The van der Waals surface area contributed by atoms with Crippen molar-refractivity contribution in [3.8, 4) is 5.75 Å². The first-order valence-electron chi connectivity index (χ1n) is 8.91. The summed E-state index contributed by atoms with van der Waals surface area (Å²) in [6.45, 7) is 2.95. The molecule has 148 valence electrons. The minimum Gasteiger partial charge on any atom is -0.508 e. The van der Waals surface area contributed by atoms with E-state index in [1.807, 2.05) is 6.07 Å². The van der Waals surface area contributed by atoms with Crippen LogP contribution >= 0.6 is 11.3 Å². The predicted molar refractivity (Wildman–Crippen MR) is 105 cm³/mol. The number of carbonyl (C=O) groups is 3. The van der Waals surface area contributed by atoms with Gasteiger partial charge >= 0.3 is 0 Å². The Morgan fingerprint density at radius 1 is 1.29 bits per heavy atom. The molecule has 0 spiro atoms. The van der Waals surface area contributed by atoms with Crippen molar-refractivity contribution in [3.63, 3.8) is 0 Å². The van der Waals surface area contributed by atoms with Crippen LogP contribution in [-0.2, 0) is 27.2 Å². The fourth-order valence-corrected chi connectivity index (χ4v) is 3.74. The fraction of sp³-hybridized carbons (Fsp3) is 0.368. The summed E-state index contributed by atoms with van der Waals surface area (Å²) in [5.41, 5.74) is 1.53. The highest BCUT2D eigenvalue weighted by atomic mass is 32.1. The van der Waals surface area contributed by atoms with E-state index in [1.54, 1.807) is 25.3 Å². The molecule has 0 saturated carbocycles. The van der Waals surface area contributed by atoms with Crippen molar-refractivity contribution in [3.05, 3.63) is 40.4 Å². The summed E-state index contributed by atoms with van der Waals surface area (Å²) in [5, 5.41) is 19.0. The lowest BCUT2D eigenvalue weighted by Crippen LogP contribution is -2.51. The van der Waals surface area contributed by atoms with Gasteiger partial charge in [0.05, 0.1) is 12.6 Å². The maximum Gasteiger partial charge on any atom is 0.242 e. The van der Waals surface area contributed by atoms with Crippen molar-refractivity contribution < 1.29 is 19.5 Å². The lowest BCUT2D eigenvalue weighted by Gasteiger charge is -2.20. The third-order valence-electron chi connectivity index (χ3n) is 4.48. The predicted octanol–water partition coefficient (Wildman–Crippen LogP) is 0.986. The Morgan fingerprint density at radius 3 is 2.82 bits per heavy atom. The van der Waals surface area contributed by atoms with Gasteiger partial charge in [0.15, 0.2) is 10.9 Å². The molecule has 0 unspecified atom stereocenters. The smallest absolute Gasteiger partial charge is 0.242 e. The van der Waals surface area contributed by atoms with Crippen LogP contribution in [-0.4, -0.2) is 46.3 Å². The topological polar surface area (TPSA) is 120 Å². The Balaban J connectivity index is 1.94. The highest BCUT2D eigenvalue weighted by Gasteiger charge is 2.23. The number of phenolic OH excluding ortho intramolecular Hbond substituents is 1. The summed E-state index contributed by atoms with van der Waals surface area (Å²) >= 11 is 1.39. The lowest BCUT2D eigenvalue weighted by molar-refractivity contribution is -0.130. The standard InChI is InChI=1S/C19H22N4O4S/c1-10-18(27)23-15(11(2)24)6-12-3-4-16(25)13(5-12)7-14-8-20-19(28-14)21-9-17(26)22-10/h3-5,8,10,15,25H,6-7,9H2,1-2H3,(H,20,21)(H,22,26)(H,23,27)/t10-,15-/m0/s1. The zero-order chi connectivity index (χ0) is 20.3. The molecule has 1 aromatic heterocycles. The van der Waals surface area contributed by atoms with Gasteiger partial charge in [-0.15, -0.1) is 11.3 Å². The average Bonchev–Trinajstić information content (AvgIpc) is 3.08. The second-order valence-corrected chi connectivity index (χ2v) is 7.91. The first-order chi connectivity index (χ1) is 13.3. The fourth-order valence-electron chi connectivity index (χ4n) is 2.91. The van der Waals surface area contributed by atoms with Crippen molar-refractivity contribution in [1.82, 2.24) is 15.6 Å². The highest BCUT2D eigenvalue weighted by Crippen LogP contribution is 2.26. The van der Waals surface area contributed by atoms with Gasteiger partial charge in [-0.1, -0.05) is 12.1 Å². The molecule has 8 nitrogen and oxygen atoms in total. The largest absolute Gasteiger partial charge is 0.508 e. The summed E-state index contributed by atoms with van der Waals surface area (Å²) in [4.78, 5) is 41.7. The van der Waals surface area contributed by atoms with Crippen LogP contribution in [0.25, 0.3) is 0 Å². The van der Waals surface area contributed by atoms with E-state index in [0.717, 1.165) is 10.4 Å². The van der Waals surface area contributed by atoms with Crippen LogP contribution in [0.2, 0.25) is 0 Å². The molecule has 1 aliphatic heterocycles. The molecule has 0 saturated heterocycles. The van der Waals surface area contributed by atoms with E-state index >= 15 is 0 Å². The Bertz CT molecular complexity index is 911. The third kappa shape index (κ3) is 4.86. The van der Waals surface area contributed by atoms with Gasteiger partial charge in [0.25, 0.3) is 0 Å². The number of hydrogen-bond donors (Lipinski definition) is 4. The molecule has 4 bridgehead atoms. The number of rotatable bonds is 1. The number of amides is 2. The number of fused-ring (bicyclic) bond motifs is 4. The van der Waals surface area contributed by atoms with Crippen LogP contribution in [0.1, 0.15) is 29.9 Å². The minimum absolute atomic E-state index is 0.0263. The van der Waals surface area contributed by atoms with E-state index in [2.05, 4.69) is 20.9 Å². The summed E-state index contributed by atoms with van der Waals surface area (Å²) < 4.78 is 0. The van der Waals surface area contributed by atoms with Gasteiger partial charge in [0.1, 0.15) is 11.8 Å². The number of thiazole rings is 1. The molecule has 4 N–H and O–H groups in total. The van der Waals surface area contributed by atoms with Crippen molar-refractivity contribution in [1.29, 1.82) is 0 Å². The van der Waals surface area contributed by atoms with E-state index in [1.165, 1.54) is 18.3 Å². The molecule has 28 heavy (non-hydrogen) atoms. The van der Waals surface area contributed by atoms with Gasteiger partial charge < -0.3 is 21.1 Å². The monoisotopic (exact) mass is 402 g/mol. The van der Waals surface area contributed by atoms with Crippen LogP contribution in [0.15, 0.2) is 24.4 Å². The number of carbonyl (C=O) groups excluding carboxylic acids is 3. The van der Waals surface area contributed by atoms with Gasteiger partial charge in [-0.3, -0.25) is 14.4 Å². The van der Waals surface area contributed by atoms with E-state index in [4.69, 9.17) is 0 Å². The quantitative estimate of drug-likeness (QED) is 0.565. The molecule has 9 heteroatoms. The molecule has 0 fully saturated rings. The SMILES string of the molecule is CC(=O)[C@@H]1Cc2ccc(O)c(c2)Cc2cnc(s2)NCC(=O)N[C@@H](C)C(=O)N1. The first-order valence-corrected chi connectivity index (χ1v) is 9.73. The zero-order valence-electron chi connectivity index (χ0n) is 15.6. The van der Waals surface area contributed by atoms with Crippen molar-refractivity contribution in [2.24, 2.45) is 0 Å². The molecule has 0 radical (unpaired) electrons. The van der Waals surface area contributed by atoms with Crippen LogP contribution < -0.4 is 16.0 Å². The number of Topliss-reactive ketones (excluding diaryl/α,β-unsaturated/α-hetero) is 1. The van der Waals surface area contributed by atoms with Gasteiger partial charge in [-0.05, 0) is 37.5 Å².